The van der Waals surface area contributed by atoms with Gasteiger partial charge in [-0.1, -0.05) is 24.3 Å². The Balaban J connectivity index is 0.000000360. The molecule has 22 heavy (non-hydrogen) atoms. The number of ketones is 1. The van der Waals surface area contributed by atoms with Crippen LogP contribution in [0.15, 0.2) is 42.6 Å². The minimum Gasteiger partial charge on any atom is -0.388 e. The zero-order chi connectivity index (χ0) is 16.8. The third kappa shape index (κ3) is 9.61. The predicted molar refractivity (Wildman–Crippen MR) is 92.9 cm³/mol. The number of nitrogens with one attached hydrogen (secondary N) is 1. The number of amidine groups is 1. The zero-order valence-corrected chi connectivity index (χ0v) is 13.4. The molecule has 0 aliphatic carbocycles. The monoisotopic (exact) mass is 302 g/mol. The number of nitrogens with two attached hydrogens (primary N) is 2. The number of hydrogen-bond acceptors (Lipinski definition) is 4. The van der Waals surface area contributed by atoms with Gasteiger partial charge in [0.1, 0.15) is 5.78 Å². The largest absolute Gasteiger partial charge is 0.388 e. The minimum atomic E-state index is 0.212. The second-order valence-corrected chi connectivity index (χ2v) is 4.63. The van der Waals surface area contributed by atoms with Crippen molar-refractivity contribution in [1.29, 1.82) is 5.41 Å². The van der Waals surface area contributed by atoms with E-state index in [1.807, 2.05) is 30.5 Å². The van der Waals surface area contributed by atoms with E-state index < -0.39 is 0 Å². The van der Waals surface area contributed by atoms with E-state index in [1.165, 1.54) is 12.4 Å². The third-order valence-corrected chi connectivity index (χ3v) is 2.74. The molecule has 2 rings (SSSR count). The van der Waals surface area contributed by atoms with Crippen LogP contribution in [0.1, 0.15) is 32.6 Å². The van der Waals surface area contributed by atoms with Crippen LogP contribution in [0.2, 0.25) is 0 Å². The number of pyridine rings is 1. The first-order valence-electron chi connectivity index (χ1n) is 7.29. The van der Waals surface area contributed by atoms with E-state index in [4.69, 9.17) is 11.1 Å². The van der Waals surface area contributed by atoms with Crippen LogP contribution in [-0.2, 0) is 4.79 Å². The van der Waals surface area contributed by atoms with Crippen molar-refractivity contribution in [1.82, 2.24) is 4.98 Å². The van der Waals surface area contributed by atoms with Crippen LogP contribution in [0.3, 0.4) is 0 Å². The van der Waals surface area contributed by atoms with E-state index in [2.05, 4.69) is 22.9 Å². The average Bonchev–Trinajstić information content (AvgIpc) is 2.54. The SMILES string of the molecule is CC(=O)CCCCC(=N)N.CN.c1ccc2ncccc2c1. The number of Topliss-reactive ketones (excluding diaryl/α,β-unsaturated/α-hetero) is 1. The highest BCUT2D eigenvalue weighted by atomic mass is 16.1. The molecule has 0 amide bonds. The molecule has 5 N–H and O–H groups in total. The number of benzene rings is 1. The number of carbonyl (C=O) groups excluding carboxylic acids is 1. The van der Waals surface area contributed by atoms with Crippen LogP contribution >= 0.6 is 0 Å². The number of rotatable bonds is 5. The van der Waals surface area contributed by atoms with E-state index in [1.54, 1.807) is 6.92 Å². The quantitative estimate of drug-likeness (QED) is 0.448. The molecule has 0 unspecified atom stereocenters. The number of aromatic nitrogens is 1. The molecule has 0 atom stereocenters. The van der Waals surface area contributed by atoms with E-state index in [9.17, 15) is 4.79 Å². The Morgan fingerprint density at radius 3 is 2.27 bits per heavy atom. The molecule has 0 aliphatic rings. The van der Waals surface area contributed by atoms with Crippen LogP contribution in [-0.4, -0.2) is 23.7 Å². The molecule has 0 fully saturated rings. The van der Waals surface area contributed by atoms with Crippen molar-refractivity contribution in [3.05, 3.63) is 42.6 Å². The van der Waals surface area contributed by atoms with Gasteiger partial charge >= 0.3 is 0 Å². The second-order valence-electron chi connectivity index (χ2n) is 4.63. The standard InChI is InChI=1S/C9H7N.C7H14N2O.CH5N/c1-2-6-9-8(4-1)5-3-7-10-9;1-6(10)4-2-3-5-7(8)9;1-2/h1-7H;2-5H2,1H3,(H3,8,9);2H2,1H3. The fourth-order valence-electron chi connectivity index (χ4n) is 1.71. The Hall–Kier alpha value is -2.27. The van der Waals surface area contributed by atoms with Gasteiger partial charge < -0.3 is 16.3 Å². The number of hydrogen-bond donors (Lipinski definition) is 3. The molecule has 0 saturated carbocycles. The van der Waals surface area contributed by atoms with Crippen LogP contribution in [0.4, 0.5) is 0 Å². The van der Waals surface area contributed by atoms with Crippen molar-refractivity contribution in [2.45, 2.75) is 32.6 Å². The highest BCUT2D eigenvalue weighted by Gasteiger charge is 1.94. The predicted octanol–water partition coefficient (Wildman–Crippen LogP) is 2.88. The lowest BCUT2D eigenvalue weighted by Crippen LogP contribution is -2.08. The summed E-state index contributed by atoms with van der Waals surface area (Å²) in [5, 5.41) is 8.07. The molecule has 0 spiro atoms. The van der Waals surface area contributed by atoms with Crippen molar-refractivity contribution in [2.24, 2.45) is 11.5 Å². The minimum absolute atomic E-state index is 0.212. The maximum atomic E-state index is 10.4. The number of nitrogens with zero attached hydrogens (tertiary/aromatic N) is 1. The molecule has 5 nitrogen and oxygen atoms in total. The molecule has 5 heteroatoms. The summed E-state index contributed by atoms with van der Waals surface area (Å²) in [6.45, 7) is 1.58. The summed E-state index contributed by atoms with van der Waals surface area (Å²) >= 11 is 0. The Morgan fingerprint density at radius 1 is 1.09 bits per heavy atom. The molecular formula is C17H26N4O. The smallest absolute Gasteiger partial charge is 0.129 e. The van der Waals surface area contributed by atoms with Gasteiger partial charge in [-0.3, -0.25) is 10.4 Å². The topological polar surface area (TPSA) is 106 Å². The number of unbranched alkanes of at least 4 members (excludes halogenated alkanes) is 1. The molecule has 1 heterocycles. The molecular weight excluding hydrogens is 276 g/mol. The van der Waals surface area contributed by atoms with Gasteiger partial charge in [0.05, 0.1) is 11.4 Å². The first-order valence-corrected chi connectivity index (χ1v) is 7.29. The van der Waals surface area contributed by atoms with E-state index in [0.29, 0.717) is 12.8 Å². The lowest BCUT2D eigenvalue weighted by Gasteiger charge is -1.95. The van der Waals surface area contributed by atoms with Crippen LogP contribution in [0, 0.1) is 5.41 Å². The van der Waals surface area contributed by atoms with E-state index in [-0.39, 0.29) is 11.6 Å². The van der Waals surface area contributed by atoms with Crippen molar-refractivity contribution >= 4 is 22.5 Å². The fraction of sp³-hybridized carbons (Fsp3) is 0.353. The van der Waals surface area contributed by atoms with Crippen molar-refractivity contribution < 1.29 is 4.79 Å². The summed E-state index contributed by atoms with van der Waals surface area (Å²) in [7, 11) is 1.50. The van der Waals surface area contributed by atoms with Gasteiger partial charge in [0.2, 0.25) is 0 Å². The second kappa shape index (κ2) is 12.5. The first-order chi connectivity index (χ1) is 10.6. The van der Waals surface area contributed by atoms with Crippen molar-refractivity contribution in [2.75, 3.05) is 7.05 Å². The summed E-state index contributed by atoms with van der Waals surface area (Å²) in [6.07, 6.45) is 4.76. The van der Waals surface area contributed by atoms with Gasteiger partial charge in [-0.2, -0.15) is 0 Å². The van der Waals surface area contributed by atoms with Crippen LogP contribution < -0.4 is 11.5 Å². The molecule has 2 aromatic rings. The third-order valence-electron chi connectivity index (χ3n) is 2.74. The normalized spacial score (nSPS) is 9.05. The average molecular weight is 302 g/mol. The highest BCUT2D eigenvalue weighted by molar-refractivity contribution is 5.78. The lowest BCUT2D eigenvalue weighted by molar-refractivity contribution is -0.117. The Bertz CT molecular complexity index is 488. The van der Waals surface area contributed by atoms with Crippen molar-refractivity contribution in [3.8, 4) is 0 Å². The van der Waals surface area contributed by atoms with Gasteiger partial charge in [-0.05, 0) is 38.9 Å². The number of carbonyl (C=O) groups is 1. The summed E-state index contributed by atoms with van der Waals surface area (Å²) in [6, 6.07) is 12.1. The van der Waals surface area contributed by atoms with Gasteiger partial charge in [0.25, 0.3) is 0 Å². The molecule has 1 aromatic carbocycles. The van der Waals surface area contributed by atoms with Gasteiger partial charge in [0, 0.05) is 24.4 Å². The fourth-order valence-corrected chi connectivity index (χ4v) is 1.71. The van der Waals surface area contributed by atoms with Gasteiger partial charge in [0.15, 0.2) is 0 Å². The van der Waals surface area contributed by atoms with Gasteiger partial charge in [-0.15, -0.1) is 0 Å². The van der Waals surface area contributed by atoms with Gasteiger partial charge in [-0.25, -0.2) is 0 Å². The summed E-state index contributed by atoms with van der Waals surface area (Å²) in [5.41, 5.74) is 10.7. The molecule has 0 radical (unpaired) electrons. The van der Waals surface area contributed by atoms with E-state index in [0.717, 1.165) is 18.4 Å². The number of fused-ring (bicyclic) bond motifs is 1. The lowest BCUT2D eigenvalue weighted by atomic mass is 10.1. The number of para-hydroxylation sites is 1. The molecule has 120 valence electrons. The summed E-state index contributed by atoms with van der Waals surface area (Å²) in [5.74, 6) is 0.423. The maximum absolute atomic E-state index is 10.4. The van der Waals surface area contributed by atoms with Crippen LogP contribution in [0.5, 0.6) is 0 Å². The molecule has 0 saturated heterocycles. The molecule has 0 aliphatic heterocycles. The zero-order valence-electron chi connectivity index (χ0n) is 13.4. The summed E-state index contributed by atoms with van der Waals surface area (Å²) in [4.78, 5) is 14.6. The van der Waals surface area contributed by atoms with Crippen LogP contribution in [0.25, 0.3) is 10.9 Å². The molecule has 0 bridgehead atoms. The van der Waals surface area contributed by atoms with Crippen molar-refractivity contribution in [3.63, 3.8) is 0 Å². The Morgan fingerprint density at radius 2 is 1.68 bits per heavy atom. The first kappa shape index (κ1) is 19.7. The van der Waals surface area contributed by atoms with E-state index >= 15 is 0 Å². The highest BCUT2D eigenvalue weighted by Crippen LogP contribution is 2.07. The molecule has 1 aromatic heterocycles. The Labute approximate surface area is 132 Å². The Kier molecular flexibility index (Phi) is 11.2. The summed E-state index contributed by atoms with van der Waals surface area (Å²) < 4.78 is 0. The maximum Gasteiger partial charge on any atom is 0.129 e.